The van der Waals surface area contributed by atoms with E-state index in [1.807, 2.05) is 0 Å². The number of carbonyl (C=O) groups is 2. The summed E-state index contributed by atoms with van der Waals surface area (Å²) >= 11 is 2.55. The van der Waals surface area contributed by atoms with Crippen molar-refractivity contribution in [3.63, 3.8) is 0 Å². The zero-order valence-electron chi connectivity index (χ0n) is 18.8. The van der Waals surface area contributed by atoms with E-state index < -0.39 is 24.0 Å². The van der Waals surface area contributed by atoms with Gasteiger partial charge in [-0.05, 0) is 11.1 Å². The quantitative estimate of drug-likeness (QED) is 0.355. The van der Waals surface area contributed by atoms with Gasteiger partial charge < -0.3 is 40.2 Å². The molecule has 0 bridgehead atoms. The summed E-state index contributed by atoms with van der Waals surface area (Å²) in [7, 11) is 2.00. The van der Waals surface area contributed by atoms with Gasteiger partial charge in [0.05, 0.1) is 22.0 Å². The molecule has 0 fully saturated rings. The van der Waals surface area contributed by atoms with Crippen LogP contribution in [0.15, 0.2) is 58.5 Å². The van der Waals surface area contributed by atoms with E-state index in [9.17, 15) is 30.0 Å². The second-order valence-corrected chi connectivity index (χ2v) is 8.17. The predicted octanol–water partition coefficient (Wildman–Crippen LogP) is -2.04. The van der Waals surface area contributed by atoms with Crippen molar-refractivity contribution in [1.29, 1.82) is 0 Å². The maximum absolute atomic E-state index is 11.4. The first kappa shape index (κ1) is 36.1. The van der Waals surface area contributed by atoms with Gasteiger partial charge in [0.15, 0.2) is 0 Å². The summed E-state index contributed by atoms with van der Waals surface area (Å²) in [6.45, 7) is 0. The van der Waals surface area contributed by atoms with Gasteiger partial charge in [-0.15, -0.1) is 23.5 Å². The summed E-state index contributed by atoms with van der Waals surface area (Å²) in [6.07, 6.45) is 0. The number of rotatable bonds is 4. The second-order valence-electron chi connectivity index (χ2n) is 6.15. The Labute approximate surface area is 237 Å². The normalized spacial score (nSPS) is 17.0. The zero-order chi connectivity index (χ0) is 25.7. The number of carboxylic acids is 2. The van der Waals surface area contributed by atoms with Gasteiger partial charge >= 0.3 is 34.1 Å². The molecule has 2 aliphatic heterocycles. The van der Waals surface area contributed by atoms with E-state index in [0.717, 1.165) is 14.2 Å². The molecule has 0 amide bonds. The maximum atomic E-state index is 11.4. The van der Waals surface area contributed by atoms with Gasteiger partial charge in [-0.2, -0.15) is 0 Å². The number of aliphatic hydroxyl groups excluding tert-OH is 2. The van der Waals surface area contributed by atoms with Crippen molar-refractivity contribution in [3.8, 4) is 11.5 Å². The molecule has 0 saturated carbocycles. The molecule has 0 aliphatic carbocycles. The molecule has 4 rings (SSSR count). The van der Waals surface area contributed by atoms with E-state index in [-0.39, 0.29) is 45.6 Å². The topological polar surface area (TPSA) is 192 Å². The van der Waals surface area contributed by atoms with Gasteiger partial charge in [0, 0.05) is 25.7 Å². The Morgan fingerprint density at radius 1 is 0.722 bits per heavy atom. The van der Waals surface area contributed by atoms with Crippen LogP contribution >= 0.6 is 23.5 Å². The Kier molecular flexibility index (Phi) is 19.2. The Hall–Kier alpha value is -2.02. The number of hydrogen-bond donors (Lipinski definition) is 2. The fourth-order valence-corrected chi connectivity index (χ4v) is 4.68. The van der Waals surface area contributed by atoms with Crippen LogP contribution in [0.25, 0.3) is 0 Å². The number of carboxylic acid groups (broad SMARTS) is 2. The number of hydrogen-bond acceptors (Lipinski definition) is 12. The van der Waals surface area contributed by atoms with Crippen LogP contribution in [0.3, 0.4) is 0 Å². The SMILES string of the molecule is CO.CO.O=C([O-])[C@@H]1CSC(c2ccccc2[O-])=N1.O=C([O-])[C@H]1CSC(c2ccccc2[O-])=N1.[Cu+2].[Cu+2]. The fourth-order valence-electron chi connectivity index (χ4n) is 2.57. The number of aliphatic imine (C=N–C) groups is 2. The fraction of sp³-hybridized carbons (Fsp3) is 0.273. The molecule has 14 heteroatoms. The first-order valence-electron chi connectivity index (χ1n) is 9.62. The van der Waals surface area contributed by atoms with E-state index in [4.69, 9.17) is 10.2 Å². The van der Waals surface area contributed by atoms with Crippen molar-refractivity contribution in [3.05, 3.63) is 59.7 Å². The van der Waals surface area contributed by atoms with Crippen molar-refractivity contribution >= 4 is 45.5 Å². The van der Waals surface area contributed by atoms with Crippen molar-refractivity contribution in [2.24, 2.45) is 9.98 Å². The molecule has 2 aromatic carbocycles. The third-order valence-corrected chi connectivity index (χ3v) is 6.24. The van der Waals surface area contributed by atoms with Gasteiger partial charge in [0.1, 0.15) is 12.1 Å². The average Bonchev–Trinajstić information content (AvgIpc) is 3.54. The summed E-state index contributed by atoms with van der Waals surface area (Å²) < 4.78 is 0. The first-order valence-corrected chi connectivity index (χ1v) is 11.6. The van der Waals surface area contributed by atoms with Crippen LogP contribution in [0.2, 0.25) is 0 Å². The van der Waals surface area contributed by atoms with Gasteiger partial charge in [-0.3, -0.25) is 9.98 Å². The minimum atomic E-state index is -1.19. The van der Waals surface area contributed by atoms with Crippen molar-refractivity contribution in [1.82, 2.24) is 0 Å². The van der Waals surface area contributed by atoms with Crippen LogP contribution in [-0.4, -0.2) is 70.0 Å². The molecule has 0 spiro atoms. The maximum Gasteiger partial charge on any atom is 2.00 e. The van der Waals surface area contributed by atoms with Gasteiger partial charge in [-0.25, -0.2) is 0 Å². The summed E-state index contributed by atoms with van der Waals surface area (Å²) in [4.78, 5) is 29.0. The third kappa shape index (κ3) is 10.5. The largest absolute Gasteiger partial charge is 2.00 e. The molecular weight excluding hydrogens is 611 g/mol. The monoisotopic (exact) mass is 632 g/mol. The van der Waals surface area contributed by atoms with Crippen LogP contribution in [0.5, 0.6) is 11.5 Å². The molecular formula is C22H22Cu2N2O8S2. The van der Waals surface area contributed by atoms with Crippen LogP contribution in [-0.2, 0) is 43.7 Å². The summed E-state index contributed by atoms with van der Waals surface area (Å²) in [6, 6.07) is 11.2. The molecule has 0 saturated heterocycles. The number of aliphatic hydroxyl groups is 2. The molecule has 2 heterocycles. The molecule has 0 unspecified atom stereocenters. The van der Waals surface area contributed by atoms with E-state index in [2.05, 4.69) is 9.98 Å². The van der Waals surface area contributed by atoms with Gasteiger partial charge in [-0.1, -0.05) is 60.0 Å². The second kappa shape index (κ2) is 19.1. The Balaban J connectivity index is 0. The molecule has 2 atom stereocenters. The Morgan fingerprint density at radius 2 is 1.03 bits per heavy atom. The summed E-state index contributed by atoms with van der Waals surface area (Å²) in [5, 5.41) is 58.9. The first-order chi connectivity index (χ1) is 16.4. The van der Waals surface area contributed by atoms with Gasteiger partial charge in [0.25, 0.3) is 0 Å². The Morgan fingerprint density at radius 3 is 1.28 bits per heavy atom. The number of para-hydroxylation sites is 2. The van der Waals surface area contributed by atoms with Crippen molar-refractivity contribution in [2.75, 3.05) is 25.7 Å². The summed E-state index contributed by atoms with van der Waals surface area (Å²) in [5.41, 5.74) is 0.928. The number of thioether (sulfide) groups is 2. The minimum absolute atomic E-state index is 0. The molecule has 2 aromatic rings. The van der Waals surface area contributed by atoms with Gasteiger partial charge in [0.2, 0.25) is 0 Å². The molecule has 2 radical (unpaired) electrons. The molecule has 36 heavy (non-hydrogen) atoms. The number of aliphatic carboxylic acids is 2. The number of nitrogens with zero attached hydrogens (tertiary/aromatic N) is 2. The smallest absolute Gasteiger partial charge is 0.872 e. The standard InChI is InChI=1S/2C10H9NO3S.2CH4O.2Cu/c2*12-8-4-2-1-3-6(8)9-11-7(5-15-9)10(13)14;2*1-2;;/h2*1-4,7,12H,5H2,(H,13,14);2*2H,1H3;;/q;;;;2*+2/p-4/t2*7-;;;;/m10..../s1. The minimum Gasteiger partial charge on any atom is -0.872 e. The molecule has 2 N–H and O–H groups in total. The average molecular weight is 634 g/mol. The predicted molar refractivity (Wildman–Crippen MR) is 124 cm³/mol. The third-order valence-electron chi connectivity index (χ3n) is 4.08. The van der Waals surface area contributed by atoms with Crippen molar-refractivity contribution < 1.29 is 74.4 Å². The van der Waals surface area contributed by atoms with Crippen LogP contribution < -0.4 is 20.4 Å². The molecule has 10 nitrogen and oxygen atoms in total. The van der Waals surface area contributed by atoms with E-state index in [0.29, 0.717) is 32.7 Å². The molecule has 202 valence electrons. The number of carbonyl (C=O) groups excluding carboxylic acids is 2. The Bertz CT molecular complexity index is 959. The molecule has 2 aliphatic rings. The van der Waals surface area contributed by atoms with E-state index in [1.54, 1.807) is 36.4 Å². The number of benzene rings is 2. The van der Waals surface area contributed by atoms with Crippen LogP contribution in [0.4, 0.5) is 0 Å². The summed E-state index contributed by atoms with van der Waals surface area (Å²) in [5.74, 6) is -1.98. The van der Waals surface area contributed by atoms with E-state index in [1.165, 1.54) is 35.7 Å². The molecule has 0 aromatic heterocycles. The van der Waals surface area contributed by atoms with Crippen molar-refractivity contribution in [2.45, 2.75) is 12.1 Å². The van der Waals surface area contributed by atoms with E-state index >= 15 is 0 Å². The van der Waals surface area contributed by atoms with Crippen LogP contribution in [0.1, 0.15) is 11.1 Å². The van der Waals surface area contributed by atoms with Crippen LogP contribution in [0, 0.1) is 0 Å². The zero-order valence-corrected chi connectivity index (χ0v) is 22.4.